The van der Waals surface area contributed by atoms with Gasteiger partial charge in [0, 0.05) is 16.6 Å². The average Bonchev–Trinajstić information content (AvgIpc) is 2.69. The highest BCUT2D eigenvalue weighted by Gasteiger charge is 2.24. The van der Waals surface area contributed by atoms with Gasteiger partial charge in [0.25, 0.3) is 0 Å². The van der Waals surface area contributed by atoms with Gasteiger partial charge in [-0.05, 0) is 18.6 Å². The van der Waals surface area contributed by atoms with E-state index in [1.54, 1.807) is 6.92 Å². The second kappa shape index (κ2) is 4.89. The summed E-state index contributed by atoms with van der Waals surface area (Å²) in [5, 5.41) is 8.72. The molecule has 1 heterocycles. The normalized spacial score (nSPS) is 20.4. The molecule has 0 fully saturated rings. The highest BCUT2D eigenvalue weighted by atomic mass is 32.2. The first-order valence-corrected chi connectivity index (χ1v) is 6.23. The van der Waals surface area contributed by atoms with Crippen LogP contribution in [-0.2, 0) is 9.53 Å². The van der Waals surface area contributed by atoms with Crippen molar-refractivity contribution in [2.75, 3.05) is 12.4 Å². The number of benzene rings is 1. The number of hydrogen-bond donors (Lipinski definition) is 1. The molecule has 0 bridgehead atoms. The van der Waals surface area contributed by atoms with Crippen molar-refractivity contribution in [1.29, 1.82) is 0 Å². The second-order valence-corrected chi connectivity index (χ2v) is 4.92. The van der Waals surface area contributed by atoms with Gasteiger partial charge in [0.15, 0.2) is 6.10 Å². The van der Waals surface area contributed by atoms with Crippen LogP contribution in [-0.4, -0.2) is 29.5 Å². The predicted octanol–water partition coefficient (Wildman–Crippen LogP) is 2.37. The maximum Gasteiger partial charge on any atom is 0.332 e. The number of hydrogen-bond acceptors (Lipinski definition) is 3. The van der Waals surface area contributed by atoms with Gasteiger partial charge in [0.1, 0.15) is 0 Å². The third-order valence-electron chi connectivity index (χ3n) is 2.69. The van der Waals surface area contributed by atoms with Crippen LogP contribution in [0.4, 0.5) is 0 Å². The molecule has 1 aromatic carbocycles. The van der Waals surface area contributed by atoms with Crippen molar-refractivity contribution in [2.24, 2.45) is 0 Å². The lowest BCUT2D eigenvalue weighted by Gasteiger charge is -2.13. The Morgan fingerprint density at radius 3 is 3.12 bits per heavy atom. The first kappa shape index (κ1) is 11.5. The third kappa shape index (κ3) is 2.39. The summed E-state index contributed by atoms with van der Waals surface area (Å²) >= 11 is 1.81. The van der Waals surface area contributed by atoms with Crippen LogP contribution in [0, 0.1) is 0 Å². The monoisotopic (exact) mass is 238 g/mol. The molecule has 4 heteroatoms. The van der Waals surface area contributed by atoms with Gasteiger partial charge >= 0.3 is 5.97 Å². The summed E-state index contributed by atoms with van der Waals surface area (Å²) in [4.78, 5) is 11.9. The Morgan fingerprint density at radius 2 is 2.38 bits per heavy atom. The highest BCUT2D eigenvalue weighted by Crippen LogP contribution is 2.39. The molecule has 0 aliphatic carbocycles. The van der Waals surface area contributed by atoms with Gasteiger partial charge in [-0.2, -0.15) is 0 Å². The van der Waals surface area contributed by atoms with Crippen molar-refractivity contribution >= 4 is 17.7 Å². The standard InChI is InChI=1S/C12H14O3S/c1-8(12(13)14)15-6-9-7-16-11-5-3-2-4-10(9)11/h2-5,8-9H,6-7H2,1H3,(H,13,14)/t8-,9?/m1/s1. The van der Waals surface area contributed by atoms with Crippen molar-refractivity contribution in [1.82, 2.24) is 0 Å². The number of ether oxygens (including phenoxy) is 1. The van der Waals surface area contributed by atoms with E-state index in [1.165, 1.54) is 10.5 Å². The van der Waals surface area contributed by atoms with E-state index >= 15 is 0 Å². The van der Waals surface area contributed by atoms with E-state index in [2.05, 4.69) is 12.1 Å². The third-order valence-corrected chi connectivity index (χ3v) is 3.95. The molecule has 0 saturated carbocycles. The molecule has 1 N–H and O–H groups in total. The number of aliphatic carboxylic acids is 1. The van der Waals surface area contributed by atoms with Crippen molar-refractivity contribution in [2.45, 2.75) is 23.8 Å². The van der Waals surface area contributed by atoms with Crippen LogP contribution in [0.15, 0.2) is 29.2 Å². The maximum absolute atomic E-state index is 10.6. The van der Waals surface area contributed by atoms with Gasteiger partial charge in [0.2, 0.25) is 0 Å². The van der Waals surface area contributed by atoms with Crippen LogP contribution in [0.3, 0.4) is 0 Å². The van der Waals surface area contributed by atoms with Gasteiger partial charge in [-0.1, -0.05) is 18.2 Å². The molecule has 0 spiro atoms. The van der Waals surface area contributed by atoms with E-state index in [-0.39, 0.29) is 0 Å². The molecule has 0 amide bonds. The van der Waals surface area contributed by atoms with Crippen LogP contribution in [0.2, 0.25) is 0 Å². The van der Waals surface area contributed by atoms with Crippen LogP contribution < -0.4 is 0 Å². The van der Waals surface area contributed by atoms with Gasteiger partial charge in [-0.25, -0.2) is 4.79 Å². The molecule has 1 aliphatic rings. The molecule has 0 aromatic heterocycles. The van der Waals surface area contributed by atoms with Gasteiger partial charge < -0.3 is 9.84 Å². The Hall–Kier alpha value is -1.00. The lowest BCUT2D eigenvalue weighted by molar-refractivity contribution is -0.149. The maximum atomic E-state index is 10.6. The Morgan fingerprint density at radius 1 is 1.62 bits per heavy atom. The van der Waals surface area contributed by atoms with E-state index in [0.29, 0.717) is 12.5 Å². The summed E-state index contributed by atoms with van der Waals surface area (Å²) < 4.78 is 5.33. The number of fused-ring (bicyclic) bond motifs is 1. The van der Waals surface area contributed by atoms with Crippen LogP contribution >= 0.6 is 11.8 Å². The van der Waals surface area contributed by atoms with Crippen LogP contribution in [0.1, 0.15) is 18.4 Å². The first-order chi connectivity index (χ1) is 7.68. The molecule has 0 radical (unpaired) electrons. The summed E-state index contributed by atoms with van der Waals surface area (Å²) in [6.07, 6.45) is -0.724. The minimum atomic E-state index is -0.904. The summed E-state index contributed by atoms with van der Waals surface area (Å²) in [5.41, 5.74) is 1.28. The number of carboxylic acids is 1. The zero-order valence-corrected chi connectivity index (χ0v) is 9.87. The zero-order valence-electron chi connectivity index (χ0n) is 9.05. The number of rotatable bonds is 4. The molecule has 2 atom stereocenters. The molecule has 0 saturated heterocycles. The minimum Gasteiger partial charge on any atom is -0.479 e. The summed E-state index contributed by atoms with van der Waals surface area (Å²) in [6, 6.07) is 8.22. The van der Waals surface area contributed by atoms with Crippen molar-refractivity contribution in [3.63, 3.8) is 0 Å². The van der Waals surface area contributed by atoms with E-state index in [0.717, 1.165) is 5.75 Å². The number of carboxylic acid groups (broad SMARTS) is 1. The summed E-state index contributed by atoms with van der Waals surface area (Å²) in [5.74, 6) is 0.396. The fourth-order valence-corrected chi connectivity index (χ4v) is 2.93. The molecule has 3 nitrogen and oxygen atoms in total. The molecule has 1 unspecified atom stereocenters. The predicted molar refractivity (Wildman–Crippen MR) is 63.0 cm³/mol. The van der Waals surface area contributed by atoms with Crippen molar-refractivity contribution in [3.05, 3.63) is 29.8 Å². The fraction of sp³-hybridized carbons (Fsp3) is 0.417. The van der Waals surface area contributed by atoms with Gasteiger partial charge in [-0.15, -0.1) is 11.8 Å². The van der Waals surface area contributed by atoms with E-state index < -0.39 is 12.1 Å². The highest BCUT2D eigenvalue weighted by molar-refractivity contribution is 7.99. The fourth-order valence-electron chi connectivity index (χ4n) is 1.70. The lowest BCUT2D eigenvalue weighted by atomic mass is 10.0. The average molecular weight is 238 g/mol. The van der Waals surface area contributed by atoms with Crippen LogP contribution in [0.5, 0.6) is 0 Å². The first-order valence-electron chi connectivity index (χ1n) is 5.24. The zero-order chi connectivity index (χ0) is 11.5. The van der Waals surface area contributed by atoms with E-state index in [4.69, 9.17) is 9.84 Å². The Labute approximate surface area is 98.8 Å². The van der Waals surface area contributed by atoms with Crippen molar-refractivity contribution < 1.29 is 14.6 Å². The smallest absolute Gasteiger partial charge is 0.332 e. The molecule has 16 heavy (non-hydrogen) atoms. The second-order valence-electron chi connectivity index (χ2n) is 3.86. The van der Waals surface area contributed by atoms with E-state index in [1.807, 2.05) is 23.9 Å². The SMILES string of the molecule is C[C@@H](OCC1CSc2ccccc21)C(=O)O. The largest absolute Gasteiger partial charge is 0.479 e. The Kier molecular flexibility index (Phi) is 3.51. The molecule has 1 aliphatic heterocycles. The Bertz CT molecular complexity index is 392. The summed E-state index contributed by atoms with van der Waals surface area (Å²) in [6.45, 7) is 2.05. The minimum absolute atomic E-state index is 0.322. The van der Waals surface area contributed by atoms with Gasteiger partial charge in [0.05, 0.1) is 6.61 Å². The topological polar surface area (TPSA) is 46.5 Å². The molecule has 86 valence electrons. The number of thioether (sulfide) groups is 1. The summed E-state index contributed by atoms with van der Waals surface area (Å²) in [7, 11) is 0. The number of carbonyl (C=O) groups is 1. The van der Waals surface area contributed by atoms with E-state index in [9.17, 15) is 4.79 Å². The molecule has 1 aromatic rings. The Balaban J connectivity index is 1.96. The molecular formula is C12H14O3S. The van der Waals surface area contributed by atoms with Crippen LogP contribution in [0.25, 0.3) is 0 Å². The molecule has 2 rings (SSSR count). The van der Waals surface area contributed by atoms with Gasteiger partial charge in [-0.3, -0.25) is 0 Å². The quantitative estimate of drug-likeness (QED) is 0.874. The molecular weight excluding hydrogens is 224 g/mol. The van der Waals surface area contributed by atoms with Crippen molar-refractivity contribution in [3.8, 4) is 0 Å². The lowest BCUT2D eigenvalue weighted by Crippen LogP contribution is -2.22.